The molecule has 4 heteroatoms. The fourth-order valence-electron chi connectivity index (χ4n) is 3.45. The van der Waals surface area contributed by atoms with Gasteiger partial charge in [0, 0.05) is 13.1 Å². The number of nitrogens with two attached hydrogens (primary N) is 1. The number of nitrogens with zero attached hydrogens (tertiary/aromatic N) is 2. The molecule has 2 N–H and O–H groups in total. The number of aliphatic imine (C=N–C) groups is 1. The largest absolute Gasteiger partial charge is 0.370 e. The van der Waals surface area contributed by atoms with Crippen molar-refractivity contribution in [3.63, 3.8) is 0 Å². The highest BCUT2D eigenvalue weighted by molar-refractivity contribution is 14.0. The summed E-state index contributed by atoms with van der Waals surface area (Å²) in [7, 11) is 2.09. The van der Waals surface area contributed by atoms with Crippen LogP contribution in [0, 0.1) is 5.41 Å². The van der Waals surface area contributed by atoms with Gasteiger partial charge in [-0.15, -0.1) is 24.0 Å². The van der Waals surface area contributed by atoms with E-state index in [0.717, 1.165) is 5.96 Å². The van der Waals surface area contributed by atoms with Crippen LogP contribution in [-0.4, -0.2) is 30.0 Å². The fraction of sp³-hybridized carbons (Fsp3) is 0.923. The molecule has 0 aliphatic heterocycles. The second-order valence-corrected chi connectivity index (χ2v) is 5.95. The van der Waals surface area contributed by atoms with E-state index in [-0.39, 0.29) is 24.0 Å². The molecule has 98 valence electrons. The molecule has 0 aromatic carbocycles. The van der Waals surface area contributed by atoms with Gasteiger partial charge >= 0.3 is 0 Å². The van der Waals surface area contributed by atoms with E-state index in [2.05, 4.69) is 11.9 Å². The minimum Gasteiger partial charge on any atom is -0.370 e. The first-order valence-electron chi connectivity index (χ1n) is 6.77. The molecule has 0 radical (unpaired) electrons. The summed E-state index contributed by atoms with van der Waals surface area (Å²) >= 11 is 0. The van der Waals surface area contributed by atoms with Gasteiger partial charge in [0.2, 0.25) is 0 Å². The molecule has 0 bridgehead atoms. The molecule has 3 saturated carbocycles. The summed E-state index contributed by atoms with van der Waals surface area (Å²) in [5, 5.41) is 0. The number of hydrogen-bond acceptors (Lipinski definition) is 1. The zero-order valence-corrected chi connectivity index (χ0v) is 13.0. The van der Waals surface area contributed by atoms with Crippen molar-refractivity contribution in [3.05, 3.63) is 0 Å². The lowest BCUT2D eigenvalue weighted by Gasteiger charge is -2.45. The Bertz CT molecular complexity index is 306. The third-order valence-corrected chi connectivity index (χ3v) is 4.97. The fourth-order valence-corrected chi connectivity index (χ4v) is 3.45. The smallest absolute Gasteiger partial charge is 0.191 e. The van der Waals surface area contributed by atoms with Gasteiger partial charge in [-0.25, -0.2) is 4.99 Å². The van der Waals surface area contributed by atoms with Crippen molar-refractivity contribution in [3.8, 4) is 0 Å². The summed E-state index contributed by atoms with van der Waals surface area (Å²) in [6, 6.07) is 1.22. The molecule has 0 heterocycles. The zero-order valence-electron chi connectivity index (χ0n) is 10.7. The molecule has 3 rings (SSSR count). The molecule has 0 saturated heterocycles. The van der Waals surface area contributed by atoms with Gasteiger partial charge in [-0.3, -0.25) is 0 Å². The van der Waals surface area contributed by atoms with Crippen LogP contribution in [0.5, 0.6) is 0 Å². The summed E-state index contributed by atoms with van der Waals surface area (Å²) in [6.07, 6.45) is 10.8. The molecule has 3 nitrogen and oxygen atoms in total. The monoisotopic (exact) mass is 349 g/mol. The van der Waals surface area contributed by atoms with Gasteiger partial charge in [0.25, 0.3) is 0 Å². The Kier molecular flexibility index (Phi) is 3.90. The van der Waals surface area contributed by atoms with Crippen LogP contribution in [-0.2, 0) is 0 Å². The Balaban J connectivity index is 0.00000108. The van der Waals surface area contributed by atoms with Crippen molar-refractivity contribution < 1.29 is 0 Å². The molecule has 0 amide bonds. The predicted molar refractivity (Wildman–Crippen MR) is 81.7 cm³/mol. The second-order valence-electron chi connectivity index (χ2n) is 5.95. The average Bonchev–Trinajstić information content (AvgIpc) is 2.99. The molecular formula is C13H24IN3. The molecule has 0 aromatic rings. The molecule has 1 spiro atoms. The summed E-state index contributed by atoms with van der Waals surface area (Å²) in [5.41, 5.74) is 6.66. The number of halogens is 1. The van der Waals surface area contributed by atoms with Crippen LogP contribution >= 0.6 is 24.0 Å². The Labute approximate surface area is 121 Å². The average molecular weight is 349 g/mol. The maximum absolute atomic E-state index is 6.10. The maximum Gasteiger partial charge on any atom is 0.191 e. The summed E-state index contributed by atoms with van der Waals surface area (Å²) < 4.78 is 0. The first-order chi connectivity index (χ1) is 7.71. The molecule has 1 unspecified atom stereocenters. The van der Waals surface area contributed by atoms with Crippen LogP contribution in [0.2, 0.25) is 0 Å². The van der Waals surface area contributed by atoms with Gasteiger partial charge in [-0.1, -0.05) is 12.8 Å². The van der Waals surface area contributed by atoms with E-state index in [1.54, 1.807) is 0 Å². The Morgan fingerprint density at radius 3 is 2.29 bits per heavy atom. The normalized spacial score (nSPS) is 30.9. The lowest BCUT2D eigenvalue weighted by molar-refractivity contribution is 0.103. The molecule has 0 aromatic heterocycles. The van der Waals surface area contributed by atoms with E-state index in [0.29, 0.717) is 17.5 Å². The van der Waals surface area contributed by atoms with Crippen LogP contribution in [0.1, 0.15) is 51.4 Å². The Hall–Kier alpha value is 0. The van der Waals surface area contributed by atoms with Gasteiger partial charge in [0.1, 0.15) is 0 Å². The van der Waals surface area contributed by atoms with Crippen molar-refractivity contribution in [2.45, 2.75) is 63.5 Å². The molecule has 1 atom stereocenters. The van der Waals surface area contributed by atoms with E-state index in [4.69, 9.17) is 10.7 Å². The molecule has 3 aliphatic carbocycles. The van der Waals surface area contributed by atoms with Crippen LogP contribution in [0.25, 0.3) is 0 Å². The van der Waals surface area contributed by atoms with Gasteiger partial charge in [-0.05, 0) is 43.9 Å². The third kappa shape index (κ3) is 2.42. The highest BCUT2D eigenvalue weighted by Crippen LogP contribution is 2.54. The number of guanidine groups is 1. The highest BCUT2D eigenvalue weighted by atomic mass is 127. The van der Waals surface area contributed by atoms with Crippen molar-refractivity contribution in [1.29, 1.82) is 0 Å². The SMILES string of the molecule is CN(C(N)=NC1CCC12CCCC2)C1CC1.I. The standard InChI is InChI=1S/C13H23N3.HI/c1-16(10-4-5-10)12(14)15-11-6-9-13(11)7-2-3-8-13;/h10-11H,2-9H2,1H3,(H2,14,15);1H. The minimum atomic E-state index is 0. The van der Waals surface area contributed by atoms with Crippen LogP contribution in [0.15, 0.2) is 4.99 Å². The zero-order chi connectivity index (χ0) is 11.2. The predicted octanol–water partition coefficient (Wildman–Crippen LogP) is 2.74. The summed E-state index contributed by atoms with van der Waals surface area (Å²) in [4.78, 5) is 6.98. The number of rotatable bonds is 2. The van der Waals surface area contributed by atoms with E-state index >= 15 is 0 Å². The second kappa shape index (κ2) is 4.94. The van der Waals surface area contributed by atoms with E-state index in [9.17, 15) is 0 Å². The van der Waals surface area contributed by atoms with Crippen molar-refractivity contribution >= 4 is 29.9 Å². The van der Waals surface area contributed by atoms with Crippen molar-refractivity contribution in [1.82, 2.24) is 4.90 Å². The van der Waals surface area contributed by atoms with Crippen LogP contribution in [0.4, 0.5) is 0 Å². The van der Waals surface area contributed by atoms with Crippen LogP contribution in [0.3, 0.4) is 0 Å². The highest BCUT2D eigenvalue weighted by Gasteiger charge is 2.48. The quantitative estimate of drug-likeness (QED) is 0.473. The minimum absolute atomic E-state index is 0. The molecule has 17 heavy (non-hydrogen) atoms. The van der Waals surface area contributed by atoms with E-state index in [1.807, 2.05) is 0 Å². The van der Waals surface area contributed by atoms with Gasteiger partial charge in [0.05, 0.1) is 6.04 Å². The number of hydrogen-bond donors (Lipinski definition) is 1. The van der Waals surface area contributed by atoms with Gasteiger partial charge in [-0.2, -0.15) is 0 Å². The Morgan fingerprint density at radius 2 is 1.82 bits per heavy atom. The summed E-state index contributed by atoms with van der Waals surface area (Å²) in [6.45, 7) is 0. The maximum atomic E-state index is 6.10. The first kappa shape index (κ1) is 13.4. The lowest BCUT2D eigenvalue weighted by Crippen LogP contribution is -2.45. The van der Waals surface area contributed by atoms with E-state index < -0.39 is 0 Å². The van der Waals surface area contributed by atoms with Crippen molar-refractivity contribution in [2.24, 2.45) is 16.1 Å². The third-order valence-electron chi connectivity index (χ3n) is 4.97. The Morgan fingerprint density at radius 1 is 1.18 bits per heavy atom. The molecule has 3 fully saturated rings. The molecular weight excluding hydrogens is 325 g/mol. The van der Waals surface area contributed by atoms with Crippen LogP contribution < -0.4 is 5.73 Å². The van der Waals surface area contributed by atoms with E-state index in [1.165, 1.54) is 51.4 Å². The van der Waals surface area contributed by atoms with Gasteiger partial charge < -0.3 is 10.6 Å². The lowest BCUT2D eigenvalue weighted by atomic mass is 9.63. The summed E-state index contributed by atoms with van der Waals surface area (Å²) in [5.74, 6) is 0.790. The molecule has 3 aliphatic rings. The van der Waals surface area contributed by atoms with Gasteiger partial charge in [0.15, 0.2) is 5.96 Å². The first-order valence-corrected chi connectivity index (χ1v) is 6.77. The van der Waals surface area contributed by atoms with Crippen molar-refractivity contribution in [2.75, 3.05) is 7.05 Å². The topological polar surface area (TPSA) is 41.6 Å².